The quantitative estimate of drug-likeness (QED) is 0.905. The minimum absolute atomic E-state index is 0.0419. The molecule has 1 aliphatic rings. The maximum Gasteiger partial charge on any atom is 0.272 e. The van der Waals surface area contributed by atoms with E-state index in [0.717, 1.165) is 31.2 Å². The van der Waals surface area contributed by atoms with E-state index in [-0.39, 0.29) is 5.91 Å². The molecule has 2 aromatic rings. The number of carbonyl (C=O) groups excluding carboxylic acids is 1. The Morgan fingerprint density at radius 3 is 2.91 bits per heavy atom. The molecule has 1 aliphatic heterocycles. The van der Waals surface area contributed by atoms with E-state index in [9.17, 15) is 4.79 Å². The van der Waals surface area contributed by atoms with Gasteiger partial charge in [0.25, 0.3) is 5.91 Å². The molecule has 0 spiro atoms. The van der Waals surface area contributed by atoms with E-state index >= 15 is 0 Å². The molecule has 1 N–H and O–H groups in total. The van der Waals surface area contributed by atoms with Crippen LogP contribution in [0, 0.1) is 0 Å². The third-order valence-electron chi connectivity index (χ3n) is 4.33. The standard InChI is InChI=1S/C15H23N7O/c1-11(2)20(3)8-13-18-19-14-9-21(5-4-6-22(13)14)15(23)12-7-16-10-17-12/h7,10-11H,4-6,8-9H2,1-3H3,(H,16,17). The Hall–Kier alpha value is -2.22. The van der Waals surface area contributed by atoms with E-state index in [1.54, 1.807) is 11.1 Å². The second kappa shape index (κ2) is 6.49. The molecule has 3 rings (SSSR count). The number of aromatic amines is 1. The van der Waals surface area contributed by atoms with Crippen LogP contribution in [0.25, 0.3) is 0 Å². The smallest absolute Gasteiger partial charge is 0.272 e. The lowest BCUT2D eigenvalue weighted by Gasteiger charge is -2.20. The van der Waals surface area contributed by atoms with Crippen molar-refractivity contribution in [3.05, 3.63) is 29.9 Å². The highest BCUT2D eigenvalue weighted by molar-refractivity contribution is 5.92. The van der Waals surface area contributed by atoms with Crippen LogP contribution in [-0.4, -0.2) is 60.1 Å². The molecular weight excluding hydrogens is 294 g/mol. The van der Waals surface area contributed by atoms with Crippen molar-refractivity contribution in [3.63, 3.8) is 0 Å². The van der Waals surface area contributed by atoms with E-state index in [1.165, 1.54) is 6.33 Å². The van der Waals surface area contributed by atoms with Crippen LogP contribution in [0.1, 0.15) is 42.4 Å². The van der Waals surface area contributed by atoms with Crippen molar-refractivity contribution in [1.29, 1.82) is 0 Å². The van der Waals surface area contributed by atoms with Gasteiger partial charge in [0.05, 0.1) is 25.6 Å². The first kappa shape index (κ1) is 15.7. The molecule has 0 aliphatic carbocycles. The average Bonchev–Trinajstić information content (AvgIpc) is 3.12. The molecule has 23 heavy (non-hydrogen) atoms. The van der Waals surface area contributed by atoms with Crippen molar-refractivity contribution < 1.29 is 4.79 Å². The van der Waals surface area contributed by atoms with Crippen LogP contribution in [0.4, 0.5) is 0 Å². The fourth-order valence-electron chi connectivity index (χ4n) is 2.66. The molecule has 1 amide bonds. The predicted octanol–water partition coefficient (Wildman–Crippen LogP) is 0.887. The Labute approximate surface area is 135 Å². The van der Waals surface area contributed by atoms with Gasteiger partial charge >= 0.3 is 0 Å². The van der Waals surface area contributed by atoms with Crippen molar-refractivity contribution in [3.8, 4) is 0 Å². The second-order valence-electron chi connectivity index (χ2n) is 6.24. The lowest BCUT2D eigenvalue weighted by Crippen LogP contribution is -2.31. The number of nitrogens with zero attached hydrogens (tertiary/aromatic N) is 6. The summed E-state index contributed by atoms with van der Waals surface area (Å²) in [7, 11) is 2.08. The van der Waals surface area contributed by atoms with Gasteiger partial charge in [0.1, 0.15) is 11.5 Å². The van der Waals surface area contributed by atoms with Gasteiger partial charge in [-0.3, -0.25) is 9.69 Å². The van der Waals surface area contributed by atoms with Crippen LogP contribution in [0.5, 0.6) is 0 Å². The number of carbonyl (C=O) groups is 1. The van der Waals surface area contributed by atoms with Gasteiger partial charge in [0.2, 0.25) is 0 Å². The molecule has 8 heteroatoms. The van der Waals surface area contributed by atoms with Gasteiger partial charge in [-0.15, -0.1) is 10.2 Å². The van der Waals surface area contributed by atoms with Gasteiger partial charge in [0.15, 0.2) is 5.82 Å². The molecule has 0 aromatic carbocycles. The van der Waals surface area contributed by atoms with E-state index in [2.05, 4.69) is 50.5 Å². The van der Waals surface area contributed by atoms with E-state index in [1.807, 2.05) is 0 Å². The van der Waals surface area contributed by atoms with Gasteiger partial charge in [0, 0.05) is 19.1 Å². The summed E-state index contributed by atoms with van der Waals surface area (Å²) in [6, 6.07) is 0.451. The topological polar surface area (TPSA) is 82.9 Å². The summed E-state index contributed by atoms with van der Waals surface area (Å²) in [6.45, 7) is 7.11. The molecule has 0 atom stereocenters. The van der Waals surface area contributed by atoms with Crippen molar-refractivity contribution >= 4 is 5.91 Å². The highest BCUT2D eigenvalue weighted by atomic mass is 16.2. The van der Waals surface area contributed by atoms with Gasteiger partial charge in [-0.05, 0) is 27.3 Å². The first-order chi connectivity index (χ1) is 11.1. The molecule has 0 fully saturated rings. The van der Waals surface area contributed by atoms with Gasteiger partial charge in [-0.2, -0.15) is 0 Å². The molecule has 124 valence electrons. The van der Waals surface area contributed by atoms with Crippen LogP contribution in [0.2, 0.25) is 0 Å². The summed E-state index contributed by atoms with van der Waals surface area (Å²) in [5.41, 5.74) is 0.512. The Bertz CT molecular complexity index is 661. The summed E-state index contributed by atoms with van der Waals surface area (Å²) >= 11 is 0. The fourth-order valence-corrected chi connectivity index (χ4v) is 2.66. The Kier molecular flexibility index (Phi) is 4.42. The lowest BCUT2D eigenvalue weighted by atomic mass is 10.3. The summed E-state index contributed by atoms with van der Waals surface area (Å²) in [4.78, 5) is 23.3. The Morgan fingerprint density at radius 1 is 1.39 bits per heavy atom. The number of hydrogen-bond donors (Lipinski definition) is 1. The van der Waals surface area contributed by atoms with Crippen molar-refractivity contribution in [2.75, 3.05) is 13.6 Å². The van der Waals surface area contributed by atoms with E-state index < -0.39 is 0 Å². The van der Waals surface area contributed by atoms with E-state index in [0.29, 0.717) is 24.8 Å². The number of rotatable bonds is 4. The molecule has 3 heterocycles. The average molecular weight is 317 g/mol. The highest BCUT2D eigenvalue weighted by Crippen LogP contribution is 2.16. The van der Waals surface area contributed by atoms with Gasteiger partial charge in [-0.1, -0.05) is 0 Å². The number of amides is 1. The van der Waals surface area contributed by atoms with Crippen LogP contribution in [0.3, 0.4) is 0 Å². The molecule has 0 saturated carbocycles. The number of H-pyrrole nitrogens is 1. The minimum atomic E-state index is -0.0419. The zero-order valence-electron chi connectivity index (χ0n) is 13.9. The molecule has 0 radical (unpaired) electrons. The first-order valence-corrected chi connectivity index (χ1v) is 7.95. The third kappa shape index (κ3) is 3.26. The predicted molar refractivity (Wildman–Crippen MR) is 84.6 cm³/mol. The SMILES string of the molecule is CC(C)N(C)Cc1nnc2n1CCCN(C(=O)c1cnc[nH]1)C2. The summed E-state index contributed by atoms with van der Waals surface area (Å²) in [5.74, 6) is 1.77. The monoisotopic (exact) mass is 317 g/mol. The van der Waals surface area contributed by atoms with Crippen LogP contribution in [0.15, 0.2) is 12.5 Å². The zero-order chi connectivity index (χ0) is 16.4. The number of aromatic nitrogens is 5. The Balaban J connectivity index is 1.77. The number of imidazole rings is 1. The molecule has 2 aromatic heterocycles. The maximum atomic E-state index is 12.5. The first-order valence-electron chi connectivity index (χ1n) is 7.95. The summed E-state index contributed by atoms with van der Waals surface area (Å²) in [5, 5.41) is 8.64. The normalized spacial score (nSPS) is 15.1. The lowest BCUT2D eigenvalue weighted by molar-refractivity contribution is 0.0738. The maximum absolute atomic E-state index is 12.5. The van der Waals surface area contributed by atoms with E-state index in [4.69, 9.17) is 0 Å². The molecular formula is C15H23N7O. The summed E-state index contributed by atoms with van der Waals surface area (Å²) < 4.78 is 2.15. The van der Waals surface area contributed by atoms with Crippen LogP contribution in [-0.2, 0) is 19.6 Å². The van der Waals surface area contributed by atoms with Crippen molar-refractivity contribution in [2.45, 2.75) is 45.9 Å². The molecule has 8 nitrogen and oxygen atoms in total. The number of nitrogens with one attached hydrogen (secondary N) is 1. The molecule has 0 unspecified atom stereocenters. The van der Waals surface area contributed by atoms with Gasteiger partial charge in [-0.25, -0.2) is 4.98 Å². The van der Waals surface area contributed by atoms with Crippen LogP contribution >= 0.6 is 0 Å². The van der Waals surface area contributed by atoms with Gasteiger partial charge < -0.3 is 14.5 Å². The van der Waals surface area contributed by atoms with Crippen molar-refractivity contribution in [1.82, 2.24) is 34.5 Å². The largest absolute Gasteiger partial charge is 0.341 e. The fraction of sp³-hybridized carbons (Fsp3) is 0.600. The highest BCUT2D eigenvalue weighted by Gasteiger charge is 2.24. The van der Waals surface area contributed by atoms with Crippen molar-refractivity contribution in [2.24, 2.45) is 0 Å². The Morgan fingerprint density at radius 2 is 2.22 bits per heavy atom. The summed E-state index contributed by atoms with van der Waals surface area (Å²) in [6.07, 6.45) is 3.97. The second-order valence-corrected chi connectivity index (χ2v) is 6.24. The minimum Gasteiger partial charge on any atom is -0.341 e. The third-order valence-corrected chi connectivity index (χ3v) is 4.33. The van der Waals surface area contributed by atoms with Crippen LogP contribution < -0.4 is 0 Å². The molecule has 0 bridgehead atoms. The number of hydrogen-bond acceptors (Lipinski definition) is 5. The number of fused-ring (bicyclic) bond motifs is 1. The zero-order valence-corrected chi connectivity index (χ0v) is 13.9. The molecule has 0 saturated heterocycles.